The van der Waals surface area contributed by atoms with Crippen molar-refractivity contribution >= 4 is 5.78 Å². The lowest BCUT2D eigenvalue weighted by Gasteiger charge is -2.26. The van der Waals surface area contributed by atoms with E-state index in [0.29, 0.717) is 41.2 Å². The summed E-state index contributed by atoms with van der Waals surface area (Å²) in [6.45, 7) is 1.83. The molecule has 5 heteroatoms. The summed E-state index contributed by atoms with van der Waals surface area (Å²) in [4.78, 5) is 13.2. The normalized spacial score (nSPS) is 18.2. The molecule has 150 valence electrons. The summed E-state index contributed by atoms with van der Waals surface area (Å²) in [5, 5.41) is 10.8. The van der Waals surface area contributed by atoms with E-state index in [1.807, 2.05) is 25.1 Å². The summed E-state index contributed by atoms with van der Waals surface area (Å²) in [5.41, 5.74) is 3.00. The molecule has 0 fully saturated rings. The zero-order valence-electron chi connectivity index (χ0n) is 16.8. The second-order valence-electron chi connectivity index (χ2n) is 7.35. The minimum Gasteiger partial charge on any atom is -0.497 e. The Kier molecular flexibility index (Phi) is 5.16. The summed E-state index contributed by atoms with van der Waals surface area (Å²) in [6, 6.07) is 15.2. The average molecular weight is 392 g/mol. The topological polar surface area (TPSA) is 68.9 Å². The highest BCUT2D eigenvalue weighted by atomic mass is 16.5. The highest BCUT2D eigenvalue weighted by Crippen LogP contribution is 2.43. The molecule has 1 aromatic heterocycles. The van der Waals surface area contributed by atoms with E-state index >= 15 is 0 Å². The molecule has 1 heterocycles. The van der Waals surface area contributed by atoms with Crippen LogP contribution in [0.4, 0.5) is 0 Å². The molecule has 2 unspecified atom stereocenters. The van der Waals surface area contributed by atoms with Crippen LogP contribution in [0.3, 0.4) is 0 Å². The van der Waals surface area contributed by atoms with Gasteiger partial charge in [-0.2, -0.15) is 0 Å². The lowest BCUT2D eigenvalue weighted by Crippen LogP contribution is -2.16. The molecule has 1 N–H and O–H groups in total. The van der Waals surface area contributed by atoms with Crippen LogP contribution in [0.2, 0.25) is 0 Å². The Labute approximate surface area is 169 Å². The SMILES string of the molecule is COc1ccc(C(=O)c2oc3c(c2C)C(O)CC(c2ccccc2)C3)c(OC)c1. The van der Waals surface area contributed by atoms with Gasteiger partial charge in [-0.05, 0) is 37.0 Å². The smallest absolute Gasteiger partial charge is 0.232 e. The van der Waals surface area contributed by atoms with Gasteiger partial charge in [-0.25, -0.2) is 0 Å². The van der Waals surface area contributed by atoms with Crippen LogP contribution < -0.4 is 9.47 Å². The fraction of sp³-hybridized carbons (Fsp3) is 0.292. The van der Waals surface area contributed by atoms with E-state index < -0.39 is 6.10 Å². The third kappa shape index (κ3) is 3.42. The Hall–Kier alpha value is -3.05. The minimum atomic E-state index is -0.660. The maximum absolute atomic E-state index is 13.2. The minimum absolute atomic E-state index is 0.155. The fourth-order valence-corrected chi connectivity index (χ4v) is 4.17. The number of carbonyl (C=O) groups excluding carboxylic acids is 1. The molecule has 0 aliphatic heterocycles. The van der Waals surface area contributed by atoms with E-state index in [2.05, 4.69) is 12.1 Å². The molecular weight excluding hydrogens is 368 g/mol. The Morgan fingerprint density at radius 3 is 2.55 bits per heavy atom. The van der Waals surface area contributed by atoms with Gasteiger partial charge in [0.1, 0.15) is 17.3 Å². The molecule has 1 aliphatic rings. The molecular formula is C24H24O5. The van der Waals surface area contributed by atoms with Crippen LogP contribution in [0.15, 0.2) is 52.9 Å². The molecule has 3 aromatic rings. The lowest BCUT2D eigenvalue weighted by molar-refractivity contribution is 0.100. The summed E-state index contributed by atoms with van der Waals surface area (Å²) >= 11 is 0. The number of fused-ring (bicyclic) bond motifs is 1. The van der Waals surface area contributed by atoms with Gasteiger partial charge in [0, 0.05) is 23.6 Å². The zero-order chi connectivity index (χ0) is 20.5. The Bertz CT molecular complexity index is 1030. The first-order valence-corrected chi connectivity index (χ1v) is 9.65. The quantitative estimate of drug-likeness (QED) is 0.643. The highest BCUT2D eigenvalue weighted by molar-refractivity contribution is 6.10. The van der Waals surface area contributed by atoms with Gasteiger partial charge in [0.25, 0.3) is 0 Å². The van der Waals surface area contributed by atoms with Gasteiger partial charge in [0.05, 0.1) is 25.9 Å². The van der Waals surface area contributed by atoms with Crippen LogP contribution in [-0.4, -0.2) is 25.1 Å². The Balaban J connectivity index is 1.70. The number of benzene rings is 2. The number of aliphatic hydroxyl groups is 1. The molecule has 0 radical (unpaired) electrons. The first kappa shape index (κ1) is 19.3. The number of furan rings is 1. The van der Waals surface area contributed by atoms with Crippen LogP contribution >= 0.6 is 0 Å². The van der Waals surface area contributed by atoms with Gasteiger partial charge < -0.3 is 19.0 Å². The van der Waals surface area contributed by atoms with E-state index in [9.17, 15) is 9.90 Å². The van der Waals surface area contributed by atoms with Crippen LogP contribution in [0.1, 0.15) is 57.0 Å². The highest BCUT2D eigenvalue weighted by Gasteiger charge is 2.34. The molecule has 1 aliphatic carbocycles. The molecule has 29 heavy (non-hydrogen) atoms. The van der Waals surface area contributed by atoms with Crippen molar-refractivity contribution in [2.75, 3.05) is 14.2 Å². The molecule has 4 rings (SSSR count). The standard InChI is InChI=1S/C24H24O5/c1-14-22-19(25)11-16(15-7-5-4-6-8-15)12-21(22)29-24(14)23(26)18-10-9-17(27-2)13-20(18)28-3/h4-10,13,16,19,25H,11-12H2,1-3H3. The molecule has 2 atom stereocenters. The van der Waals surface area contributed by atoms with Gasteiger partial charge in [-0.15, -0.1) is 0 Å². The molecule has 0 saturated heterocycles. The fourth-order valence-electron chi connectivity index (χ4n) is 4.17. The number of methoxy groups -OCH3 is 2. The van der Waals surface area contributed by atoms with Crippen LogP contribution in [0.25, 0.3) is 0 Å². The largest absolute Gasteiger partial charge is 0.497 e. The van der Waals surface area contributed by atoms with Gasteiger partial charge in [0.2, 0.25) is 5.78 Å². The Morgan fingerprint density at radius 1 is 1.10 bits per heavy atom. The molecule has 5 nitrogen and oxygen atoms in total. The van der Waals surface area contributed by atoms with Crippen molar-refractivity contribution in [3.05, 3.63) is 82.3 Å². The number of ether oxygens (including phenoxy) is 2. The predicted octanol–water partition coefficient (Wildman–Crippen LogP) is 4.60. The summed E-state index contributed by atoms with van der Waals surface area (Å²) in [5.74, 6) is 1.86. The predicted molar refractivity (Wildman–Crippen MR) is 109 cm³/mol. The molecule has 0 bridgehead atoms. The molecule has 0 amide bonds. The monoisotopic (exact) mass is 392 g/mol. The van der Waals surface area contributed by atoms with Crippen molar-refractivity contribution in [3.63, 3.8) is 0 Å². The van der Waals surface area contributed by atoms with Crippen molar-refractivity contribution < 1.29 is 23.8 Å². The first-order valence-electron chi connectivity index (χ1n) is 9.65. The van der Waals surface area contributed by atoms with Crippen LogP contribution in [0.5, 0.6) is 11.5 Å². The summed E-state index contributed by atoms with van der Waals surface area (Å²) in [7, 11) is 3.07. The van der Waals surface area contributed by atoms with E-state index in [1.165, 1.54) is 7.11 Å². The number of hydrogen-bond donors (Lipinski definition) is 1. The second-order valence-corrected chi connectivity index (χ2v) is 7.35. The third-order valence-corrected chi connectivity index (χ3v) is 5.67. The number of rotatable bonds is 5. The lowest BCUT2D eigenvalue weighted by atomic mass is 9.81. The number of hydrogen-bond acceptors (Lipinski definition) is 5. The van der Waals surface area contributed by atoms with Gasteiger partial charge in [-0.1, -0.05) is 30.3 Å². The van der Waals surface area contributed by atoms with Crippen molar-refractivity contribution in [2.24, 2.45) is 0 Å². The van der Waals surface area contributed by atoms with E-state index in [0.717, 1.165) is 11.1 Å². The van der Waals surface area contributed by atoms with Gasteiger partial charge in [0.15, 0.2) is 5.76 Å². The van der Waals surface area contributed by atoms with Gasteiger partial charge in [-0.3, -0.25) is 4.79 Å². The Morgan fingerprint density at radius 2 is 1.86 bits per heavy atom. The number of carbonyl (C=O) groups is 1. The van der Waals surface area contributed by atoms with E-state index in [1.54, 1.807) is 25.3 Å². The molecule has 2 aromatic carbocycles. The second kappa shape index (κ2) is 7.76. The maximum atomic E-state index is 13.2. The molecule has 0 spiro atoms. The molecule has 0 saturated carbocycles. The van der Waals surface area contributed by atoms with Crippen molar-refractivity contribution in [2.45, 2.75) is 31.8 Å². The van der Waals surface area contributed by atoms with E-state index in [-0.39, 0.29) is 17.5 Å². The summed E-state index contributed by atoms with van der Waals surface area (Å²) < 4.78 is 16.6. The summed E-state index contributed by atoms with van der Waals surface area (Å²) in [6.07, 6.45) is 0.605. The zero-order valence-corrected chi connectivity index (χ0v) is 16.8. The first-order chi connectivity index (χ1) is 14.0. The van der Waals surface area contributed by atoms with Crippen molar-refractivity contribution in [1.82, 2.24) is 0 Å². The number of aliphatic hydroxyl groups excluding tert-OH is 1. The van der Waals surface area contributed by atoms with Gasteiger partial charge >= 0.3 is 0 Å². The van der Waals surface area contributed by atoms with Crippen LogP contribution in [0, 0.1) is 6.92 Å². The van der Waals surface area contributed by atoms with E-state index in [4.69, 9.17) is 13.9 Å². The van der Waals surface area contributed by atoms with Crippen molar-refractivity contribution in [1.29, 1.82) is 0 Å². The maximum Gasteiger partial charge on any atom is 0.232 e. The third-order valence-electron chi connectivity index (χ3n) is 5.67. The number of ketones is 1. The average Bonchev–Trinajstić information content (AvgIpc) is 3.10. The van der Waals surface area contributed by atoms with Crippen molar-refractivity contribution in [3.8, 4) is 11.5 Å². The van der Waals surface area contributed by atoms with Crippen LogP contribution in [-0.2, 0) is 6.42 Å².